The Morgan fingerprint density at radius 2 is 2.25 bits per heavy atom. The van der Waals surface area contributed by atoms with Crippen LogP contribution in [0.15, 0.2) is 30.6 Å². The Morgan fingerprint density at radius 1 is 1.38 bits per heavy atom. The van der Waals surface area contributed by atoms with E-state index in [0.29, 0.717) is 4.83 Å². The number of para-hydroxylation sites is 2. The maximum absolute atomic E-state index is 5.79. The SMILES string of the molecule is BrC1CCOC(n2cnc3ccccc32)C1. The van der Waals surface area contributed by atoms with Gasteiger partial charge in [0.25, 0.3) is 0 Å². The number of halogens is 1. The van der Waals surface area contributed by atoms with Crippen LogP contribution >= 0.6 is 15.9 Å². The predicted molar refractivity (Wildman–Crippen MR) is 66.7 cm³/mol. The summed E-state index contributed by atoms with van der Waals surface area (Å²) in [6, 6.07) is 8.16. The summed E-state index contributed by atoms with van der Waals surface area (Å²) in [4.78, 5) is 4.94. The smallest absolute Gasteiger partial charge is 0.136 e. The van der Waals surface area contributed by atoms with E-state index in [0.717, 1.165) is 30.5 Å². The summed E-state index contributed by atoms with van der Waals surface area (Å²) < 4.78 is 7.92. The van der Waals surface area contributed by atoms with E-state index in [4.69, 9.17) is 4.74 Å². The summed E-state index contributed by atoms with van der Waals surface area (Å²) in [6.45, 7) is 0.813. The zero-order chi connectivity index (χ0) is 11.0. The Kier molecular flexibility index (Phi) is 2.69. The molecule has 1 aliphatic rings. The Bertz CT molecular complexity index is 496. The van der Waals surface area contributed by atoms with E-state index in [-0.39, 0.29) is 6.23 Å². The molecule has 2 atom stereocenters. The fourth-order valence-electron chi connectivity index (χ4n) is 2.14. The largest absolute Gasteiger partial charge is 0.358 e. The number of aromatic nitrogens is 2. The van der Waals surface area contributed by atoms with Gasteiger partial charge in [0, 0.05) is 11.2 Å². The van der Waals surface area contributed by atoms with Gasteiger partial charge in [-0.05, 0) is 18.6 Å². The molecule has 1 aromatic heterocycles. The van der Waals surface area contributed by atoms with E-state index in [1.807, 2.05) is 24.5 Å². The molecule has 1 aliphatic heterocycles. The van der Waals surface area contributed by atoms with Gasteiger partial charge in [0.2, 0.25) is 0 Å². The van der Waals surface area contributed by atoms with Gasteiger partial charge in [0.15, 0.2) is 0 Å². The molecule has 2 heterocycles. The second-order valence-electron chi connectivity index (χ2n) is 4.09. The number of ether oxygens (including phenoxy) is 1. The standard InChI is InChI=1S/C12H13BrN2O/c13-9-5-6-16-12(7-9)15-8-14-10-3-1-2-4-11(10)15/h1-4,8-9,12H,5-7H2. The fourth-order valence-corrected chi connectivity index (χ4v) is 2.64. The van der Waals surface area contributed by atoms with Crippen molar-refractivity contribution in [3.63, 3.8) is 0 Å². The van der Waals surface area contributed by atoms with Crippen molar-refractivity contribution >= 4 is 27.0 Å². The number of alkyl halides is 1. The predicted octanol–water partition coefficient (Wildman–Crippen LogP) is 3.11. The molecule has 0 radical (unpaired) electrons. The highest BCUT2D eigenvalue weighted by molar-refractivity contribution is 9.09. The van der Waals surface area contributed by atoms with E-state index < -0.39 is 0 Å². The van der Waals surface area contributed by atoms with Crippen LogP contribution in [-0.2, 0) is 4.74 Å². The molecular formula is C12H13BrN2O. The molecule has 0 saturated carbocycles. The molecule has 2 unspecified atom stereocenters. The number of hydrogen-bond donors (Lipinski definition) is 0. The van der Waals surface area contributed by atoms with Gasteiger partial charge in [0.05, 0.1) is 24.0 Å². The van der Waals surface area contributed by atoms with Gasteiger partial charge < -0.3 is 9.30 Å². The topological polar surface area (TPSA) is 27.1 Å². The van der Waals surface area contributed by atoms with Crippen LogP contribution in [0.2, 0.25) is 0 Å². The van der Waals surface area contributed by atoms with Crippen LogP contribution in [-0.4, -0.2) is 21.0 Å². The molecule has 2 aromatic rings. The molecule has 0 spiro atoms. The highest BCUT2D eigenvalue weighted by Gasteiger charge is 2.22. The van der Waals surface area contributed by atoms with Crippen LogP contribution in [0.3, 0.4) is 0 Å². The van der Waals surface area contributed by atoms with E-state index in [1.165, 1.54) is 0 Å². The number of benzene rings is 1. The molecule has 16 heavy (non-hydrogen) atoms. The van der Waals surface area contributed by atoms with Crippen LogP contribution in [0.4, 0.5) is 0 Å². The second-order valence-corrected chi connectivity index (χ2v) is 5.38. The first kappa shape index (κ1) is 10.3. The highest BCUT2D eigenvalue weighted by atomic mass is 79.9. The Morgan fingerprint density at radius 3 is 3.12 bits per heavy atom. The number of rotatable bonds is 1. The lowest BCUT2D eigenvalue weighted by Gasteiger charge is -2.27. The van der Waals surface area contributed by atoms with Gasteiger partial charge in [-0.1, -0.05) is 28.1 Å². The summed E-state index contributed by atoms with van der Waals surface area (Å²) in [5, 5.41) is 0. The highest BCUT2D eigenvalue weighted by Crippen LogP contribution is 2.29. The molecule has 1 fully saturated rings. The lowest BCUT2D eigenvalue weighted by atomic mass is 10.2. The molecule has 3 rings (SSSR count). The van der Waals surface area contributed by atoms with Gasteiger partial charge >= 0.3 is 0 Å². The monoisotopic (exact) mass is 280 g/mol. The first-order valence-electron chi connectivity index (χ1n) is 5.52. The minimum atomic E-state index is 0.116. The zero-order valence-corrected chi connectivity index (χ0v) is 10.4. The molecule has 1 saturated heterocycles. The lowest BCUT2D eigenvalue weighted by molar-refractivity contribution is -0.0260. The zero-order valence-electron chi connectivity index (χ0n) is 8.84. The second kappa shape index (κ2) is 4.18. The maximum atomic E-state index is 5.79. The summed E-state index contributed by atoms with van der Waals surface area (Å²) in [5.74, 6) is 0. The Balaban J connectivity index is 1.99. The van der Waals surface area contributed by atoms with Crippen molar-refractivity contribution in [3.05, 3.63) is 30.6 Å². The number of fused-ring (bicyclic) bond motifs is 1. The Hall–Kier alpha value is -0.870. The van der Waals surface area contributed by atoms with E-state index >= 15 is 0 Å². The van der Waals surface area contributed by atoms with Crippen molar-refractivity contribution in [1.82, 2.24) is 9.55 Å². The summed E-state index contributed by atoms with van der Waals surface area (Å²) >= 11 is 3.66. The third-order valence-corrected chi connectivity index (χ3v) is 3.82. The maximum Gasteiger partial charge on any atom is 0.136 e. The van der Waals surface area contributed by atoms with Crippen molar-refractivity contribution in [3.8, 4) is 0 Å². The first-order valence-corrected chi connectivity index (χ1v) is 6.43. The van der Waals surface area contributed by atoms with E-state index in [1.54, 1.807) is 0 Å². The number of nitrogens with zero attached hydrogens (tertiary/aromatic N) is 2. The fraction of sp³-hybridized carbons (Fsp3) is 0.417. The Labute approximate surface area is 103 Å². The summed E-state index contributed by atoms with van der Waals surface area (Å²) in [5.41, 5.74) is 2.18. The van der Waals surface area contributed by atoms with Gasteiger partial charge in [-0.3, -0.25) is 0 Å². The van der Waals surface area contributed by atoms with Crippen molar-refractivity contribution in [2.75, 3.05) is 6.61 Å². The van der Waals surface area contributed by atoms with Crippen LogP contribution in [0, 0.1) is 0 Å². The van der Waals surface area contributed by atoms with Crippen molar-refractivity contribution in [2.45, 2.75) is 23.9 Å². The van der Waals surface area contributed by atoms with Crippen LogP contribution < -0.4 is 0 Å². The summed E-state index contributed by atoms with van der Waals surface area (Å²) in [6.07, 6.45) is 4.08. The molecule has 0 N–H and O–H groups in total. The first-order chi connectivity index (χ1) is 7.84. The molecular weight excluding hydrogens is 268 g/mol. The average Bonchev–Trinajstić information content (AvgIpc) is 2.72. The molecule has 0 aliphatic carbocycles. The third-order valence-electron chi connectivity index (χ3n) is 2.99. The van der Waals surface area contributed by atoms with E-state index in [2.05, 4.69) is 31.5 Å². The quantitative estimate of drug-likeness (QED) is 0.751. The molecule has 4 heteroatoms. The van der Waals surface area contributed by atoms with Crippen LogP contribution in [0.25, 0.3) is 11.0 Å². The normalized spacial score (nSPS) is 26.1. The van der Waals surface area contributed by atoms with Gasteiger partial charge in [-0.15, -0.1) is 0 Å². The minimum Gasteiger partial charge on any atom is -0.358 e. The average molecular weight is 281 g/mol. The van der Waals surface area contributed by atoms with Gasteiger partial charge in [-0.2, -0.15) is 0 Å². The van der Waals surface area contributed by atoms with Crippen LogP contribution in [0.1, 0.15) is 19.1 Å². The third kappa shape index (κ3) is 1.76. The van der Waals surface area contributed by atoms with Crippen LogP contribution in [0.5, 0.6) is 0 Å². The minimum absolute atomic E-state index is 0.116. The summed E-state index contributed by atoms with van der Waals surface area (Å²) in [7, 11) is 0. The lowest BCUT2D eigenvalue weighted by Crippen LogP contribution is -2.23. The van der Waals surface area contributed by atoms with Gasteiger partial charge in [-0.25, -0.2) is 4.98 Å². The van der Waals surface area contributed by atoms with Crippen molar-refractivity contribution < 1.29 is 4.74 Å². The van der Waals surface area contributed by atoms with Crippen molar-refractivity contribution in [1.29, 1.82) is 0 Å². The molecule has 1 aromatic carbocycles. The molecule has 84 valence electrons. The number of imidazole rings is 1. The van der Waals surface area contributed by atoms with Crippen molar-refractivity contribution in [2.24, 2.45) is 0 Å². The van der Waals surface area contributed by atoms with Gasteiger partial charge in [0.1, 0.15) is 6.23 Å². The molecule has 3 nitrogen and oxygen atoms in total. The van der Waals surface area contributed by atoms with E-state index in [9.17, 15) is 0 Å². The molecule has 0 amide bonds. The molecule has 0 bridgehead atoms. The number of hydrogen-bond acceptors (Lipinski definition) is 2.